The van der Waals surface area contributed by atoms with Gasteiger partial charge in [0.1, 0.15) is 34.5 Å². The minimum absolute atomic E-state index is 0.643. The lowest BCUT2D eigenvalue weighted by atomic mass is 10.0. The lowest BCUT2D eigenvalue weighted by Gasteiger charge is -2.17. The maximum Gasteiger partial charge on any atom is 0.127 e. The van der Waals surface area contributed by atoms with Crippen LogP contribution in [0, 0.1) is 0 Å². The Hall–Kier alpha value is -4.58. The predicted octanol–water partition coefficient (Wildman–Crippen LogP) is 23.7. The minimum Gasteiger partial charge on any atom is -0.493 e. The molecule has 3 aromatic rings. The molecule has 0 radical (unpaired) electrons. The lowest BCUT2D eigenvalue weighted by molar-refractivity contribution is 0.295. The number of hydrogen-bond donors (Lipinski definition) is 0. The molecule has 3 aromatic carbocycles. The molecule has 0 N–H and O–H groups in total. The maximum absolute atomic E-state index is 6.86. The highest BCUT2D eigenvalue weighted by molar-refractivity contribution is 5.82. The molecular weight excluding hydrogens is 985 g/mol. The molecule has 0 saturated heterocycles. The van der Waals surface area contributed by atoms with Crippen molar-refractivity contribution >= 4 is 36.5 Å². The number of ether oxygens (including phenoxy) is 6. The van der Waals surface area contributed by atoms with E-state index in [1.54, 1.807) is 0 Å². The second-order valence-electron chi connectivity index (χ2n) is 22.6. The third kappa shape index (κ3) is 31.0. The molecule has 0 atom stereocenters. The average molecular weight is 1100 g/mol. The van der Waals surface area contributed by atoms with Gasteiger partial charge in [-0.1, -0.05) is 284 Å². The van der Waals surface area contributed by atoms with E-state index >= 15 is 0 Å². The Morgan fingerprint density at radius 2 is 0.375 bits per heavy atom. The van der Waals surface area contributed by atoms with Gasteiger partial charge in [-0.25, -0.2) is 0 Å². The zero-order valence-corrected chi connectivity index (χ0v) is 52.5. The van der Waals surface area contributed by atoms with Gasteiger partial charge in [-0.15, -0.1) is 0 Å². The van der Waals surface area contributed by atoms with Crippen LogP contribution in [0.4, 0.5) is 0 Å². The molecule has 0 heterocycles. The summed E-state index contributed by atoms with van der Waals surface area (Å²) in [5, 5.41) is 0. The number of benzene rings is 3. The van der Waals surface area contributed by atoms with E-state index in [-0.39, 0.29) is 0 Å². The van der Waals surface area contributed by atoms with Crippen LogP contribution in [0.1, 0.15) is 306 Å². The van der Waals surface area contributed by atoms with Crippen molar-refractivity contribution in [3.63, 3.8) is 0 Å². The van der Waals surface area contributed by atoms with E-state index in [0.29, 0.717) is 39.6 Å². The fraction of sp³-hybridized carbons (Fsp3) is 0.649. The van der Waals surface area contributed by atoms with Gasteiger partial charge < -0.3 is 28.4 Å². The van der Waals surface area contributed by atoms with Crippen molar-refractivity contribution in [2.24, 2.45) is 0 Å². The molecule has 0 aromatic heterocycles. The van der Waals surface area contributed by atoms with Gasteiger partial charge in [0.2, 0.25) is 0 Å². The van der Waals surface area contributed by atoms with E-state index in [0.717, 1.165) is 119 Å². The summed E-state index contributed by atoms with van der Waals surface area (Å²) in [6.45, 7) is 26.0. The highest BCUT2D eigenvalue weighted by Crippen LogP contribution is 2.38. The molecule has 6 heteroatoms. The van der Waals surface area contributed by atoms with E-state index in [9.17, 15) is 0 Å². The van der Waals surface area contributed by atoms with E-state index in [1.165, 1.54) is 180 Å². The summed E-state index contributed by atoms with van der Waals surface area (Å²) in [6, 6.07) is 12.9. The van der Waals surface area contributed by atoms with E-state index in [1.807, 2.05) is 12.2 Å². The normalized spacial score (nSPS) is 11.5. The summed E-state index contributed by atoms with van der Waals surface area (Å²) in [4.78, 5) is 0. The van der Waals surface area contributed by atoms with E-state index < -0.39 is 0 Å². The zero-order chi connectivity index (χ0) is 57.4. The lowest BCUT2D eigenvalue weighted by Crippen LogP contribution is -2.04. The highest BCUT2D eigenvalue weighted by atomic mass is 16.5. The van der Waals surface area contributed by atoms with Crippen molar-refractivity contribution in [3.8, 4) is 34.5 Å². The molecule has 0 amide bonds. The Morgan fingerprint density at radius 3 is 0.550 bits per heavy atom. The summed E-state index contributed by atoms with van der Waals surface area (Å²) in [5.74, 6) is 5.05. The van der Waals surface area contributed by atoms with Gasteiger partial charge in [-0.05, 0) is 74.9 Å². The Bertz CT molecular complexity index is 1930. The van der Waals surface area contributed by atoms with Crippen LogP contribution in [0.3, 0.4) is 0 Å². The second-order valence-corrected chi connectivity index (χ2v) is 22.6. The quantitative estimate of drug-likeness (QED) is 0.0415. The summed E-state index contributed by atoms with van der Waals surface area (Å²) >= 11 is 0. The van der Waals surface area contributed by atoms with Crippen molar-refractivity contribution in [1.82, 2.24) is 0 Å². The number of rotatable bonds is 54. The third-order valence-electron chi connectivity index (χ3n) is 15.3. The first-order valence-electron chi connectivity index (χ1n) is 33.4. The fourth-order valence-electron chi connectivity index (χ4n) is 10.1. The second kappa shape index (κ2) is 48.0. The summed E-state index contributed by atoms with van der Waals surface area (Å²) < 4.78 is 40.2. The first-order chi connectivity index (χ1) is 39.5. The average Bonchev–Trinajstić information content (AvgIpc) is 3.49. The van der Waals surface area contributed by atoms with Gasteiger partial charge in [0.25, 0.3) is 0 Å². The topological polar surface area (TPSA) is 55.4 Å². The first kappa shape index (κ1) is 69.7. The molecule has 0 aliphatic heterocycles. The molecule has 6 nitrogen and oxygen atoms in total. The van der Waals surface area contributed by atoms with Crippen LogP contribution < -0.4 is 28.4 Å². The van der Waals surface area contributed by atoms with Crippen molar-refractivity contribution in [2.45, 2.75) is 273 Å². The molecule has 3 rings (SSSR count). The van der Waals surface area contributed by atoms with Crippen molar-refractivity contribution in [2.75, 3.05) is 39.6 Å². The van der Waals surface area contributed by atoms with Gasteiger partial charge in [-0.2, -0.15) is 0 Å². The predicted molar refractivity (Wildman–Crippen MR) is 351 cm³/mol. The molecule has 0 fully saturated rings. The van der Waals surface area contributed by atoms with Crippen molar-refractivity contribution in [1.29, 1.82) is 0 Å². The van der Waals surface area contributed by atoms with Crippen molar-refractivity contribution in [3.05, 3.63) is 82.9 Å². The van der Waals surface area contributed by atoms with Crippen molar-refractivity contribution < 1.29 is 28.4 Å². The van der Waals surface area contributed by atoms with Crippen LogP contribution in [0.25, 0.3) is 36.5 Å². The molecule has 450 valence electrons. The van der Waals surface area contributed by atoms with E-state index in [4.69, 9.17) is 28.4 Å². The van der Waals surface area contributed by atoms with Gasteiger partial charge >= 0.3 is 0 Å². The molecule has 0 spiro atoms. The summed E-state index contributed by atoms with van der Waals surface area (Å²) in [5.41, 5.74) is 5.82. The number of unbranched alkanes of at least 4 members (excludes halogenated alkanes) is 30. The van der Waals surface area contributed by atoms with Gasteiger partial charge in [0, 0.05) is 33.4 Å². The van der Waals surface area contributed by atoms with E-state index in [2.05, 4.69) is 115 Å². The van der Waals surface area contributed by atoms with Gasteiger partial charge in [0.15, 0.2) is 0 Å². The fourth-order valence-corrected chi connectivity index (χ4v) is 10.1. The first-order valence-corrected chi connectivity index (χ1v) is 33.4. The van der Waals surface area contributed by atoms with Crippen LogP contribution in [0.2, 0.25) is 0 Å². The Balaban J connectivity index is 2.17. The zero-order valence-electron chi connectivity index (χ0n) is 52.5. The Kier molecular flexibility index (Phi) is 41.8. The van der Waals surface area contributed by atoms with Crippen LogP contribution in [0.5, 0.6) is 34.5 Å². The molecule has 0 bridgehead atoms. The molecular formula is C74H118O6. The third-order valence-corrected chi connectivity index (χ3v) is 15.3. The van der Waals surface area contributed by atoms with Gasteiger partial charge in [0.05, 0.1) is 39.6 Å². The minimum atomic E-state index is 0.643. The molecule has 80 heavy (non-hydrogen) atoms. The molecule has 0 saturated carbocycles. The van der Waals surface area contributed by atoms with Crippen LogP contribution >= 0.6 is 0 Å². The Labute approximate surface area is 492 Å². The SMILES string of the molecule is C=Cc1cc(OCCCCCCCC)c(/C=C/c2cc(OCCCCCCCC)c(/C=C/c3cc(OCCCCCCCC)c(C=C)cc3OCCCCCCCC)cc2OCCCCCCCC)cc1OCCCCCCCC. The largest absolute Gasteiger partial charge is 0.493 e. The highest BCUT2D eigenvalue weighted by Gasteiger charge is 2.16. The molecule has 0 aliphatic rings. The van der Waals surface area contributed by atoms with Gasteiger partial charge in [-0.3, -0.25) is 0 Å². The molecule has 0 aliphatic carbocycles. The molecule has 0 unspecified atom stereocenters. The monoisotopic (exact) mass is 1100 g/mol. The number of hydrogen-bond acceptors (Lipinski definition) is 6. The standard InChI is InChI=1S/C74H118O6/c1-9-17-23-29-35-41-51-75-69-59-65(71(57-63(69)15-7)77-53-43-37-31-25-19-11-3)47-49-67-61-74(80-56-46-40-34-28-22-14-6)68(62-73(67)79-55-45-39-33-27-21-13-5)50-48-66-60-70(76-52-42-36-30-24-18-10-2)64(16-8)58-72(66)78-54-44-38-32-26-20-12-4/h15-16,47-50,57-62H,7-14,17-46,51-56H2,1-6H3/b49-47+,50-48+. The Morgan fingerprint density at radius 1 is 0.225 bits per heavy atom. The van der Waals surface area contributed by atoms with Crippen LogP contribution in [-0.2, 0) is 0 Å². The van der Waals surface area contributed by atoms with Crippen LogP contribution in [-0.4, -0.2) is 39.6 Å². The summed E-state index contributed by atoms with van der Waals surface area (Å²) in [7, 11) is 0. The van der Waals surface area contributed by atoms with Crippen LogP contribution in [0.15, 0.2) is 49.6 Å². The maximum atomic E-state index is 6.86. The smallest absolute Gasteiger partial charge is 0.127 e. The summed E-state index contributed by atoms with van der Waals surface area (Å²) in [6.07, 6.45) is 56.0.